The number of amides is 1. The van der Waals surface area contributed by atoms with Gasteiger partial charge in [0, 0.05) is 30.5 Å². The second kappa shape index (κ2) is 9.18. The van der Waals surface area contributed by atoms with Gasteiger partial charge in [0.2, 0.25) is 6.41 Å². The molecule has 1 amide bonds. The highest BCUT2D eigenvalue weighted by Crippen LogP contribution is 2.25. The minimum Gasteiger partial charge on any atom is -0.497 e. The lowest BCUT2D eigenvalue weighted by Crippen LogP contribution is -2.10. The molecule has 0 aliphatic carbocycles. The van der Waals surface area contributed by atoms with Crippen LogP contribution in [0.1, 0.15) is 6.42 Å². The van der Waals surface area contributed by atoms with Crippen molar-refractivity contribution in [3.05, 3.63) is 18.2 Å². The molecule has 106 valence electrons. The lowest BCUT2D eigenvalue weighted by molar-refractivity contribution is -0.105. The van der Waals surface area contributed by atoms with Gasteiger partial charge in [-0.2, -0.15) is 0 Å². The maximum atomic E-state index is 10.4. The average molecular weight is 268 g/mol. The Bertz CT molecular complexity index is 385. The molecule has 0 aromatic heterocycles. The molecule has 6 nitrogen and oxygen atoms in total. The lowest BCUT2D eigenvalue weighted by atomic mass is 10.3. The highest BCUT2D eigenvalue weighted by Gasteiger charge is 2.02. The highest BCUT2D eigenvalue weighted by molar-refractivity contribution is 5.72. The van der Waals surface area contributed by atoms with Crippen molar-refractivity contribution in [2.75, 3.05) is 38.8 Å². The van der Waals surface area contributed by atoms with E-state index in [4.69, 9.17) is 19.9 Å². The van der Waals surface area contributed by atoms with Gasteiger partial charge in [0.1, 0.15) is 18.1 Å². The van der Waals surface area contributed by atoms with Gasteiger partial charge in [0.15, 0.2) is 0 Å². The minimum absolute atomic E-state index is 0.429. The predicted octanol–water partition coefficient (Wildman–Crippen LogP) is 1.01. The zero-order valence-electron chi connectivity index (χ0n) is 11.1. The number of benzene rings is 1. The third kappa shape index (κ3) is 6.08. The van der Waals surface area contributed by atoms with E-state index in [-0.39, 0.29) is 0 Å². The van der Waals surface area contributed by atoms with Crippen molar-refractivity contribution < 1.29 is 19.0 Å². The van der Waals surface area contributed by atoms with Crippen molar-refractivity contribution in [2.24, 2.45) is 5.73 Å². The van der Waals surface area contributed by atoms with Gasteiger partial charge in [0.25, 0.3) is 0 Å². The second-order valence-corrected chi connectivity index (χ2v) is 3.76. The van der Waals surface area contributed by atoms with Crippen LogP contribution >= 0.6 is 0 Å². The van der Waals surface area contributed by atoms with Gasteiger partial charge in [-0.15, -0.1) is 0 Å². The summed E-state index contributed by atoms with van der Waals surface area (Å²) in [6.07, 6.45) is 1.45. The molecule has 0 unspecified atom stereocenters. The molecule has 1 rings (SSSR count). The molecule has 0 aliphatic rings. The second-order valence-electron chi connectivity index (χ2n) is 3.76. The van der Waals surface area contributed by atoms with E-state index < -0.39 is 0 Å². The van der Waals surface area contributed by atoms with E-state index in [1.165, 1.54) is 0 Å². The lowest BCUT2D eigenvalue weighted by Gasteiger charge is -2.10. The topological polar surface area (TPSA) is 82.8 Å². The van der Waals surface area contributed by atoms with Crippen molar-refractivity contribution in [1.29, 1.82) is 0 Å². The van der Waals surface area contributed by atoms with Crippen LogP contribution in [-0.2, 0) is 9.53 Å². The normalized spacial score (nSPS) is 10.0. The van der Waals surface area contributed by atoms with Crippen LogP contribution in [0.25, 0.3) is 0 Å². The molecule has 0 atom stereocenters. The smallest absolute Gasteiger partial charge is 0.211 e. The SMILES string of the molecule is COc1cc(NC=O)cc(OCCOCCCN)c1. The van der Waals surface area contributed by atoms with Crippen LogP contribution in [-0.4, -0.2) is 39.9 Å². The third-order valence-electron chi connectivity index (χ3n) is 2.33. The van der Waals surface area contributed by atoms with E-state index >= 15 is 0 Å². The number of methoxy groups -OCH3 is 1. The number of hydrogen-bond donors (Lipinski definition) is 2. The van der Waals surface area contributed by atoms with Gasteiger partial charge >= 0.3 is 0 Å². The van der Waals surface area contributed by atoms with Crippen LogP contribution in [0.5, 0.6) is 11.5 Å². The zero-order valence-corrected chi connectivity index (χ0v) is 11.1. The van der Waals surface area contributed by atoms with Gasteiger partial charge < -0.3 is 25.3 Å². The number of rotatable bonds is 10. The van der Waals surface area contributed by atoms with E-state index in [1.807, 2.05) is 0 Å². The zero-order chi connectivity index (χ0) is 13.9. The first-order valence-electron chi connectivity index (χ1n) is 6.10. The molecule has 0 radical (unpaired) electrons. The molecule has 0 aliphatic heterocycles. The predicted molar refractivity (Wildman–Crippen MR) is 72.7 cm³/mol. The van der Waals surface area contributed by atoms with E-state index in [1.54, 1.807) is 25.3 Å². The van der Waals surface area contributed by atoms with E-state index in [9.17, 15) is 4.79 Å². The van der Waals surface area contributed by atoms with E-state index in [0.717, 1.165) is 6.42 Å². The Labute approximate surface area is 112 Å². The Morgan fingerprint density at radius 2 is 2.00 bits per heavy atom. The number of carbonyl (C=O) groups is 1. The summed E-state index contributed by atoms with van der Waals surface area (Å²) in [4.78, 5) is 10.4. The first-order chi connectivity index (χ1) is 9.30. The van der Waals surface area contributed by atoms with Crippen LogP contribution in [0.15, 0.2) is 18.2 Å². The molecule has 19 heavy (non-hydrogen) atoms. The first kappa shape index (κ1) is 15.3. The van der Waals surface area contributed by atoms with Crippen LogP contribution in [0.3, 0.4) is 0 Å². The van der Waals surface area contributed by atoms with E-state index in [2.05, 4.69) is 5.32 Å². The number of hydrogen-bond acceptors (Lipinski definition) is 5. The number of nitrogens with one attached hydrogen (secondary N) is 1. The summed E-state index contributed by atoms with van der Waals surface area (Å²) in [7, 11) is 1.56. The molecular weight excluding hydrogens is 248 g/mol. The summed E-state index contributed by atoms with van der Waals surface area (Å²) in [5, 5.41) is 2.56. The minimum atomic E-state index is 0.429. The maximum Gasteiger partial charge on any atom is 0.211 e. The Morgan fingerprint density at radius 1 is 1.21 bits per heavy atom. The maximum absolute atomic E-state index is 10.4. The molecule has 3 N–H and O–H groups in total. The van der Waals surface area contributed by atoms with Gasteiger partial charge in [-0.1, -0.05) is 0 Å². The molecule has 0 heterocycles. The standard InChI is InChI=1S/C13H20N2O4/c1-17-12-7-11(15-10-16)8-13(9-12)19-6-5-18-4-2-3-14/h7-10H,2-6,14H2,1H3,(H,15,16). The number of nitrogens with two attached hydrogens (primary N) is 1. The third-order valence-corrected chi connectivity index (χ3v) is 2.33. The fourth-order valence-electron chi connectivity index (χ4n) is 1.43. The Kier molecular flexibility index (Phi) is 7.38. The molecule has 6 heteroatoms. The van der Waals surface area contributed by atoms with Gasteiger partial charge in [0.05, 0.1) is 13.7 Å². The monoisotopic (exact) mass is 268 g/mol. The number of carbonyl (C=O) groups excluding carboxylic acids is 1. The van der Waals surface area contributed by atoms with Crippen molar-refractivity contribution in [1.82, 2.24) is 0 Å². The molecule has 0 fully saturated rings. The molecule has 0 spiro atoms. The van der Waals surface area contributed by atoms with Crippen molar-refractivity contribution >= 4 is 12.1 Å². The molecule has 0 saturated heterocycles. The van der Waals surface area contributed by atoms with Crippen LogP contribution in [0.2, 0.25) is 0 Å². The van der Waals surface area contributed by atoms with Crippen molar-refractivity contribution in [2.45, 2.75) is 6.42 Å². The van der Waals surface area contributed by atoms with E-state index in [0.29, 0.717) is 50.0 Å². The summed E-state index contributed by atoms with van der Waals surface area (Å²) < 4.78 is 16.0. The largest absolute Gasteiger partial charge is 0.497 e. The summed E-state index contributed by atoms with van der Waals surface area (Å²) in [6.45, 7) is 2.18. The van der Waals surface area contributed by atoms with Crippen molar-refractivity contribution in [3.8, 4) is 11.5 Å². The van der Waals surface area contributed by atoms with Gasteiger partial charge in [-0.25, -0.2) is 0 Å². The van der Waals surface area contributed by atoms with Crippen LogP contribution in [0, 0.1) is 0 Å². The average Bonchev–Trinajstić information content (AvgIpc) is 2.43. The Morgan fingerprint density at radius 3 is 2.68 bits per heavy atom. The fraction of sp³-hybridized carbons (Fsp3) is 0.462. The summed E-state index contributed by atoms with van der Waals surface area (Å²) in [5.74, 6) is 1.23. The highest BCUT2D eigenvalue weighted by atomic mass is 16.5. The first-order valence-corrected chi connectivity index (χ1v) is 6.10. The number of anilines is 1. The van der Waals surface area contributed by atoms with Crippen LogP contribution < -0.4 is 20.5 Å². The van der Waals surface area contributed by atoms with Crippen molar-refractivity contribution in [3.63, 3.8) is 0 Å². The molecule has 1 aromatic rings. The molecular formula is C13H20N2O4. The summed E-state index contributed by atoms with van der Waals surface area (Å²) in [6, 6.07) is 5.17. The molecule has 1 aromatic carbocycles. The molecule has 0 saturated carbocycles. The van der Waals surface area contributed by atoms with Crippen LogP contribution in [0.4, 0.5) is 5.69 Å². The molecule has 0 bridgehead atoms. The fourth-order valence-corrected chi connectivity index (χ4v) is 1.43. The summed E-state index contributed by atoms with van der Waals surface area (Å²) >= 11 is 0. The Hall–Kier alpha value is -1.79. The quantitative estimate of drug-likeness (QED) is 0.489. The van der Waals surface area contributed by atoms with Gasteiger partial charge in [-0.05, 0) is 13.0 Å². The number of ether oxygens (including phenoxy) is 3. The van der Waals surface area contributed by atoms with Gasteiger partial charge in [-0.3, -0.25) is 4.79 Å². The summed E-state index contributed by atoms with van der Waals surface area (Å²) in [5.41, 5.74) is 5.97. The Balaban J connectivity index is 2.43.